The highest BCUT2D eigenvalue weighted by atomic mass is 32.1. The number of ether oxygens (including phenoxy) is 1. The Hall–Kier alpha value is -0.450. The molecule has 0 bridgehead atoms. The normalized spacial score (nSPS) is 23.7. The van der Waals surface area contributed by atoms with Crippen molar-refractivity contribution in [3.05, 3.63) is 16.1 Å². The van der Waals surface area contributed by atoms with Crippen molar-refractivity contribution >= 4 is 11.3 Å². The van der Waals surface area contributed by atoms with E-state index in [1.807, 2.05) is 0 Å². The van der Waals surface area contributed by atoms with Crippen LogP contribution in [0.2, 0.25) is 0 Å². The summed E-state index contributed by atoms with van der Waals surface area (Å²) in [4.78, 5) is 4.62. The topological polar surface area (TPSA) is 34.2 Å². The largest absolute Gasteiger partial charge is 0.372 e. The van der Waals surface area contributed by atoms with E-state index in [-0.39, 0.29) is 0 Å². The van der Waals surface area contributed by atoms with Crippen molar-refractivity contribution in [2.45, 2.75) is 65.2 Å². The number of rotatable bonds is 7. The van der Waals surface area contributed by atoms with Crippen LogP contribution in [0.1, 0.15) is 56.7 Å². The minimum atomic E-state index is 0.442. The fourth-order valence-electron chi connectivity index (χ4n) is 2.59. The fraction of sp³-hybridized carbons (Fsp3) is 0.800. The van der Waals surface area contributed by atoms with Crippen LogP contribution < -0.4 is 5.32 Å². The third-order valence-corrected chi connectivity index (χ3v) is 4.68. The second-order valence-electron chi connectivity index (χ2n) is 5.52. The molecule has 19 heavy (non-hydrogen) atoms. The molecule has 1 aliphatic carbocycles. The average molecular weight is 282 g/mol. The molecule has 2 rings (SSSR count). The molecule has 0 aliphatic heterocycles. The molecule has 0 radical (unpaired) electrons. The van der Waals surface area contributed by atoms with Gasteiger partial charge in [0.2, 0.25) is 0 Å². The molecule has 0 spiro atoms. The number of nitrogens with zero attached hydrogens (tertiary/aromatic N) is 1. The summed E-state index contributed by atoms with van der Waals surface area (Å²) in [7, 11) is 0. The van der Waals surface area contributed by atoms with E-state index in [2.05, 4.69) is 29.5 Å². The Balaban J connectivity index is 1.73. The molecule has 0 aromatic carbocycles. The molecule has 4 heteroatoms. The lowest BCUT2D eigenvalue weighted by Gasteiger charge is -2.28. The molecule has 108 valence electrons. The third kappa shape index (κ3) is 4.86. The van der Waals surface area contributed by atoms with E-state index in [9.17, 15) is 0 Å². The predicted octanol–water partition coefficient (Wildman–Crippen LogP) is 3.74. The van der Waals surface area contributed by atoms with E-state index >= 15 is 0 Å². The monoisotopic (exact) mass is 282 g/mol. The first-order valence-electron chi connectivity index (χ1n) is 7.55. The summed E-state index contributed by atoms with van der Waals surface area (Å²) in [5, 5.41) is 6.69. The van der Waals surface area contributed by atoms with E-state index in [1.165, 1.54) is 37.1 Å². The Morgan fingerprint density at radius 3 is 3.05 bits per heavy atom. The molecule has 2 atom stereocenters. The predicted molar refractivity (Wildman–Crippen MR) is 80.3 cm³/mol. The minimum absolute atomic E-state index is 0.442. The van der Waals surface area contributed by atoms with Crippen LogP contribution in [0, 0.1) is 5.92 Å². The number of hydrogen-bond acceptors (Lipinski definition) is 4. The molecule has 1 aliphatic rings. The van der Waals surface area contributed by atoms with E-state index in [0.717, 1.165) is 18.8 Å². The lowest BCUT2D eigenvalue weighted by molar-refractivity contribution is -0.0166. The molecule has 1 saturated carbocycles. The molecular formula is C15H26N2OS. The van der Waals surface area contributed by atoms with Crippen molar-refractivity contribution in [2.75, 3.05) is 6.54 Å². The quantitative estimate of drug-likeness (QED) is 0.774. The Labute approximate surface area is 120 Å². The van der Waals surface area contributed by atoms with Crippen molar-refractivity contribution in [2.24, 2.45) is 5.92 Å². The minimum Gasteiger partial charge on any atom is -0.372 e. The van der Waals surface area contributed by atoms with Gasteiger partial charge in [-0.3, -0.25) is 0 Å². The second-order valence-corrected chi connectivity index (χ2v) is 6.46. The zero-order valence-electron chi connectivity index (χ0n) is 12.2. The van der Waals surface area contributed by atoms with Gasteiger partial charge in [0.25, 0.3) is 0 Å². The standard InChI is InChI=1S/C15H26N2OS/c1-3-8-16-9-15-17-13(11-19-15)10-18-14-7-5-4-6-12(14)2/h11-12,14,16H,3-10H2,1-2H3. The van der Waals surface area contributed by atoms with Crippen LogP contribution in [0.25, 0.3) is 0 Å². The first-order valence-corrected chi connectivity index (χ1v) is 8.43. The van der Waals surface area contributed by atoms with Crippen molar-refractivity contribution in [1.82, 2.24) is 10.3 Å². The van der Waals surface area contributed by atoms with E-state index in [4.69, 9.17) is 4.74 Å². The highest BCUT2D eigenvalue weighted by Crippen LogP contribution is 2.27. The van der Waals surface area contributed by atoms with Crippen molar-refractivity contribution in [3.8, 4) is 0 Å². The van der Waals surface area contributed by atoms with Gasteiger partial charge in [-0.1, -0.05) is 26.7 Å². The summed E-state index contributed by atoms with van der Waals surface area (Å²) in [6, 6.07) is 0. The van der Waals surface area contributed by atoms with Crippen LogP contribution in [0.15, 0.2) is 5.38 Å². The van der Waals surface area contributed by atoms with Crippen LogP contribution in [-0.2, 0) is 17.9 Å². The van der Waals surface area contributed by atoms with Gasteiger partial charge in [-0.05, 0) is 31.7 Å². The molecule has 1 N–H and O–H groups in total. The van der Waals surface area contributed by atoms with Crippen LogP contribution in [0.5, 0.6) is 0 Å². The van der Waals surface area contributed by atoms with Crippen LogP contribution in [0.4, 0.5) is 0 Å². The summed E-state index contributed by atoms with van der Waals surface area (Å²) in [6.45, 7) is 7.12. The Bertz CT molecular complexity index is 367. The lowest BCUT2D eigenvalue weighted by atomic mass is 9.88. The van der Waals surface area contributed by atoms with Crippen LogP contribution in [-0.4, -0.2) is 17.6 Å². The molecule has 2 unspecified atom stereocenters. The van der Waals surface area contributed by atoms with Gasteiger partial charge in [-0.25, -0.2) is 4.98 Å². The van der Waals surface area contributed by atoms with Gasteiger partial charge in [0.05, 0.1) is 18.4 Å². The first-order chi connectivity index (χ1) is 9.29. The maximum Gasteiger partial charge on any atom is 0.107 e. The van der Waals surface area contributed by atoms with Crippen molar-refractivity contribution < 1.29 is 4.74 Å². The highest BCUT2D eigenvalue weighted by Gasteiger charge is 2.21. The summed E-state index contributed by atoms with van der Waals surface area (Å²) in [5.41, 5.74) is 1.09. The van der Waals surface area contributed by atoms with Crippen LogP contribution in [0.3, 0.4) is 0 Å². The molecule has 3 nitrogen and oxygen atoms in total. The maximum absolute atomic E-state index is 6.04. The zero-order valence-corrected chi connectivity index (χ0v) is 13.0. The molecule has 1 fully saturated rings. The molecule has 0 saturated heterocycles. The third-order valence-electron chi connectivity index (χ3n) is 3.78. The van der Waals surface area contributed by atoms with Gasteiger partial charge < -0.3 is 10.1 Å². The number of nitrogens with one attached hydrogen (secondary N) is 1. The molecule has 1 heterocycles. The number of hydrogen-bond donors (Lipinski definition) is 1. The van der Waals surface area contributed by atoms with Gasteiger partial charge in [0.15, 0.2) is 0 Å². The molecule has 1 aromatic heterocycles. The van der Waals surface area contributed by atoms with E-state index in [1.54, 1.807) is 11.3 Å². The van der Waals surface area contributed by atoms with Gasteiger partial charge in [0, 0.05) is 11.9 Å². The van der Waals surface area contributed by atoms with E-state index < -0.39 is 0 Å². The average Bonchev–Trinajstić information content (AvgIpc) is 2.86. The SMILES string of the molecule is CCCNCc1nc(COC2CCCCC2C)cs1. The van der Waals surface area contributed by atoms with Crippen LogP contribution >= 0.6 is 11.3 Å². The van der Waals surface area contributed by atoms with E-state index in [0.29, 0.717) is 18.6 Å². The highest BCUT2D eigenvalue weighted by molar-refractivity contribution is 7.09. The second kappa shape index (κ2) is 7.98. The smallest absolute Gasteiger partial charge is 0.107 e. The molecular weight excluding hydrogens is 256 g/mol. The summed E-state index contributed by atoms with van der Waals surface area (Å²) in [5.74, 6) is 0.707. The summed E-state index contributed by atoms with van der Waals surface area (Å²) < 4.78 is 6.04. The van der Waals surface area contributed by atoms with Crippen molar-refractivity contribution in [3.63, 3.8) is 0 Å². The number of thiazole rings is 1. The van der Waals surface area contributed by atoms with Gasteiger partial charge in [-0.15, -0.1) is 11.3 Å². The Morgan fingerprint density at radius 1 is 1.42 bits per heavy atom. The molecule has 0 amide bonds. The Kier molecular flexibility index (Phi) is 6.28. The summed E-state index contributed by atoms with van der Waals surface area (Å²) in [6.07, 6.45) is 6.82. The summed E-state index contributed by atoms with van der Waals surface area (Å²) >= 11 is 1.73. The van der Waals surface area contributed by atoms with Gasteiger partial charge >= 0.3 is 0 Å². The van der Waals surface area contributed by atoms with Gasteiger partial charge in [-0.2, -0.15) is 0 Å². The first kappa shape index (κ1) is 14.9. The van der Waals surface area contributed by atoms with Crippen molar-refractivity contribution in [1.29, 1.82) is 0 Å². The molecule has 1 aromatic rings. The maximum atomic E-state index is 6.04. The lowest BCUT2D eigenvalue weighted by Crippen LogP contribution is -2.25. The van der Waals surface area contributed by atoms with Gasteiger partial charge in [0.1, 0.15) is 5.01 Å². The fourth-order valence-corrected chi connectivity index (χ4v) is 3.34. The Morgan fingerprint density at radius 2 is 2.26 bits per heavy atom. The zero-order chi connectivity index (χ0) is 13.5. The number of aromatic nitrogens is 1.